The molecule has 2 heterocycles. The van der Waals surface area contributed by atoms with E-state index in [2.05, 4.69) is 20.8 Å². The lowest BCUT2D eigenvalue weighted by molar-refractivity contribution is -0.122. The SMILES string of the molecule is [C-]#[N+]c1ccc(CNC(=O)C(CC2CCCCC2)Nc2cc(-n3cccc3)nc(NCc3cccc(Cl)c3)n2)cc1. The van der Waals surface area contributed by atoms with Crippen LogP contribution in [0.5, 0.6) is 0 Å². The fraction of sp³-hybridized carbons (Fsp3) is 0.312. The Labute approximate surface area is 246 Å². The predicted octanol–water partition coefficient (Wildman–Crippen LogP) is 7.15. The van der Waals surface area contributed by atoms with Crippen LogP contribution < -0.4 is 16.0 Å². The molecule has 1 unspecified atom stereocenters. The Bertz CT molecular complexity index is 1470. The Morgan fingerprint density at radius 1 is 0.976 bits per heavy atom. The van der Waals surface area contributed by atoms with Crippen molar-refractivity contribution in [2.24, 2.45) is 5.92 Å². The van der Waals surface area contributed by atoms with Crippen LogP contribution in [-0.4, -0.2) is 26.5 Å². The molecule has 0 radical (unpaired) electrons. The van der Waals surface area contributed by atoms with E-state index in [1.807, 2.05) is 71.6 Å². The summed E-state index contributed by atoms with van der Waals surface area (Å²) in [5.74, 6) is 2.14. The zero-order valence-electron chi connectivity index (χ0n) is 22.9. The van der Waals surface area contributed by atoms with Gasteiger partial charge in [0.05, 0.1) is 6.57 Å². The third-order valence-corrected chi connectivity index (χ3v) is 7.62. The summed E-state index contributed by atoms with van der Waals surface area (Å²) in [4.78, 5) is 26.5. The Hall–Kier alpha value is -4.35. The monoisotopic (exact) mass is 567 g/mol. The number of amides is 1. The van der Waals surface area contributed by atoms with E-state index in [0.717, 1.165) is 30.4 Å². The maximum absolute atomic E-state index is 13.6. The molecule has 0 saturated heterocycles. The number of carbonyl (C=O) groups is 1. The first kappa shape index (κ1) is 28.2. The average Bonchev–Trinajstić information content (AvgIpc) is 3.55. The molecular formula is C32H34ClN7O. The van der Waals surface area contributed by atoms with Gasteiger partial charge in [0.2, 0.25) is 11.9 Å². The van der Waals surface area contributed by atoms with Gasteiger partial charge in [-0.3, -0.25) is 4.79 Å². The second kappa shape index (κ2) is 13.8. The molecule has 1 fully saturated rings. The van der Waals surface area contributed by atoms with Crippen molar-refractivity contribution < 1.29 is 4.79 Å². The highest BCUT2D eigenvalue weighted by atomic mass is 35.5. The minimum Gasteiger partial charge on any atom is -0.358 e. The third kappa shape index (κ3) is 8.09. The molecule has 1 aliphatic rings. The van der Waals surface area contributed by atoms with Crippen LogP contribution in [0.3, 0.4) is 0 Å². The molecule has 0 spiro atoms. The maximum atomic E-state index is 13.6. The maximum Gasteiger partial charge on any atom is 0.242 e. The molecule has 1 atom stereocenters. The van der Waals surface area contributed by atoms with Gasteiger partial charge < -0.3 is 20.5 Å². The van der Waals surface area contributed by atoms with E-state index in [1.54, 1.807) is 12.1 Å². The molecule has 210 valence electrons. The number of halogens is 1. The van der Waals surface area contributed by atoms with E-state index in [4.69, 9.17) is 28.1 Å². The third-order valence-electron chi connectivity index (χ3n) is 7.39. The van der Waals surface area contributed by atoms with Crippen molar-refractivity contribution in [3.8, 4) is 5.82 Å². The minimum absolute atomic E-state index is 0.0700. The van der Waals surface area contributed by atoms with Crippen LogP contribution in [0.25, 0.3) is 10.7 Å². The molecule has 1 saturated carbocycles. The lowest BCUT2D eigenvalue weighted by Crippen LogP contribution is -2.41. The van der Waals surface area contributed by atoms with Gasteiger partial charge in [-0.05, 0) is 47.7 Å². The van der Waals surface area contributed by atoms with Gasteiger partial charge in [0.1, 0.15) is 17.7 Å². The minimum atomic E-state index is -0.450. The topological polar surface area (TPSA) is 88.2 Å². The quantitative estimate of drug-likeness (QED) is 0.167. The molecule has 8 nitrogen and oxygen atoms in total. The van der Waals surface area contributed by atoms with E-state index in [0.29, 0.717) is 47.3 Å². The van der Waals surface area contributed by atoms with Crippen molar-refractivity contribution in [3.05, 3.63) is 107 Å². The van der Waals surface area contributed by atoms with Crippen molar-refractivity contribution in [3.63, 3.8) is 0 Å². The summed E-state index contributed by atoms with van der Waals surface area (Å²) in [6.07, 6.45) is 10.5. The molecular weight excluding hydrogens is 534 g/mol. The smallest absolute Gasteiger partial charge is 0.242 e. The summed E-state index contributed by atoms with van der Waals surface area (Å²) in [7, 11) is 0. The molecule has 1 amide bonds. The number of hydrogen-bond acceptors (Lipinski definition) is 5. The second-order valence-corrected chi connectivity index (χ2v) is 10.9. The molecule has 1 aliphatic carbocycles. The fourth-order valence-corrected chi connectivity index (χ4v) is 5.41. The van der Waals surface area contributed by atoms with Crippen molar-refractivity contribution in [2.45, 2.75) is 57.7 Å². The molecule has 3 N–H and O–H groups in total. The van der Waals surface area contributed by atoms with Crippen LogP contribution in [0.1, 0.15) is 49.7 Å². The Morgan fingerprint density at radius 2 is 1.76 bits per heavy atom. The van der Waals surface area contributed by atoms with Crippen LogP contribution in [-0.2, 0) is 17.9 Å². The zero-order valence-corrected chi connectivity index (χ0v) is 23.6. The highest BCUT2D eigenvalue weighted by Crippen LogP contribution is 2.29. The average molecular weight is 568 g/mol. The zero-order chi connectivity index (χ0) is 28.4. The van der Waals surface area contributed by atoms with E-state index in [1.165, 1.54) is 19.3 Å². The first-order valence-electron chi connectivity index (χ1n) is 14.1. The standard InChI is InChI=1S/C32H34ClN7O/c1-34-27-14-12-24(13-15-27)21-35-31(41)28(19-23-8-3-2-4-9-23)37-29-20-30(40-16-5-6-17-40)39-32(38-29)36-22-25-10-7-11-26(33)18-25/h5-7,10-18,20,23,28H,2-4,8-9,19,21-22H2,(H,35,41)(H2,36,37,38,39). The largest absolute Gasteiger partial charge is 0.358 e. The molecule has 0 bridgehead atoms. The number of carbonyl (C=O) groups excluding carboxylic acids is 1. The van der Waals surface area contributed by atoms with Gasteiger partial charge in [0.15, 0.2) is 5.69 Å². The van der Waals surface area contributed by atoms with E-state index in [9.17, 15) is 4.79 Å². The van der Waals surface area contributed by atoms with E-state index >= 15 is 0 Å². The number of nitrogens with zero attached hydrogens (tertiary/aromatic N) is 4. The first-order valence-corrected chi connectivity index (χ1v) is 14.4. The van der Waals surface area contributed by atoms with Crippen molar-refractivity contribution in [2.75, 3.05) is 10.6 Å². The van der Waals surface area contributed by atoms with Crippen LogP contribution in [0.4, 0.5) is 17.5 Å². The van der Waals surface area contributed by atoms with Crippen molar-refractivity contribution in [1.29, 1.82) is 0 Å². The van der Waals surface area contributed by atoms with Gasteiger partial charge in [-0.1, -0.05) is 80.1 Å². The Morgan fingerprint density at radius 3 is 2.49 bits per heavy atom. The molecule has 2 aromatic carbocycles. The second-order valence-electron chi connectivity index (χ2n) is 10.4. The van der Waals surface area contributed by atoms with E-state index in [-0.39, 0.29) is 5.91 Å². The van der Waals surface area contributed by atoms with Gasteiger partial charge in [-0.2, -0.15) is 9.97 Å². The van der Waals surface area contributed by atoms with Crippen LogP contribution in [0.2, 0.25) is 5.02 Å². The molecule has 41 heavy (non-hydrogen) atoms. The van der Waals surface area contributed by atoms with Gasteiger partial charge in [-0.25, -0.2) is 4.85 Å². The Kier molecular flexibility index (Phi) is 9.50. The number of benzene rings is 2. The van der Waals surface area contributed by atoms with Crippen LogP contribution >= 0.6 is 11.6 Å². The molecule has 0 aliphatic heterocycles. The number of nitrogens with one attached hydrogen (secondary N) is 3. The summed E-state index contributed by atoms with van der Waals surface area (Å²) in [6, 6.07) is 20.3. The molecule has 5 rings (SSSR count). The first-order chi connectivity index (χ1) is 20.1. The predicted molar refractivity (Wildman–Crippen MR) is 163 cm³/mol. The van der Waals surface area contributed by atoms with Gasteiger partial charge in [0.25, 0.3) is 0 Å². The molecule has 4 aromatic rings. The molecule has 9 heteroatoms. The number of rotatable bonds is 11. The van der Waals surface area contributed by atoms with E-state index < -0.39 is 6.04 Å². The van der Waals surface area contributed by atoms with Crippen molar-refractivity contribution >= 4 is 35.0 Å². The van der Waals surface area contributed by atoms with Crippen molar-refractivity contribution in [1.82, 2.24) is 19.9 Å². The lowest BCUT2D eigenvalue weighted by atomic mass is 9.84. The summed E-state index contributed by atoms with van der Waals surface area (Å²) in [6.45, 7) is 8.05. The number of anilines is 2. The van der Waals surface area contributed by atoms with Gasteiger partial charge >= 0.3 is 0 Å². The van der Waals surface area contributed by atoms with Crippen LogP contribution in [0.15, 0.2) is 79.1 Å². The van der Waals surface area contributed by atoms with Gasteiger partial charge in [0, 0.05) is 36.6 Å². The molecule has 2 aromatic heterocycles. The highest BCUT2D eigenvalue weighted by Gasteiger charge is 2.25. The van der Waals surface area contributed by atoms with Gasteiger partial charge in [-0.15, -0.1) is 0 Å². The Balaban J connectivity index is 1.36. The number of hydrogen-bond donors (Lipinski definition) is 3. The fourth-order valence-electron chi connectivity index (χ4n) is 5.20. The summed E-state index contributed by atoms with van der Waals surface area (Å²) < 4.78 is 1.92. The van der Waals surface area contributed by atoms with Crippen LogP contribution in [0, 0.1) is 12.5 Å². The summed E-state index contributed by atoms with van der Waals surface area (Å²) in [5, 5.41) is 10.5. The normalized spacial score (nSPS) is 14.1. The number of aromatic nitrogens is 3. The summed E-state index contributed by atoms with van der Waals surface area (Å²) in [5.41, 5.74) is 2.55. The summed E-state index contributed by atoms with van der Waals surface area (Å²) >= 11 is 6.17. The lowest BCUT2D eigenvalue weighted by Gasteiger charge is -2.27. The highest BCUT2D eigenvalue weighted by molar-refractivity contribution is 6.30.